The van der Waals surface area contributed by atoms with Crippen molar-refractivity contribution < 1.29 is 0 Å². The molecule has 0 atom stereocenters. The maximum absolute atomic E-state index is 12.1. The molecule has 0 aliphatic carbocycles. The molecule has 1 N–H and O–H groups in total. The highest BCUT2D eigenvalue weighted by Gasteiger charge is 2.09. The fourth-order valence-corrected chi connectivity index (χ4v) is 2.53. The van der Waals surface area contributed by atoms with Crippen molar-refractivity contribution in [1.29, 1.82) is 0 Å². The smallest absolute Gasteiger partial charge is 0.267 e. The first kappa shape index (κ1) is 13.2. The Kier molecular flexibility index (Phi) is 3.50. The second-order valence-corrected chi connectivity index (χ2v) is 5.77. The van der Waals surface area contributed by atoms with E-state index >= 15 is 0 Å². The minimum Gasteiger partial charge on any atom is -0.267 e. The highest BCUT2D eigenvalue weighted by atomic mass is 35.5. The molecule has 0 saturated carbocycles. The van der Waals surface area contributed by atoms with Gasteiger partial charge in [-0.25, -0.2) is 4.98 Å². The van der Waals surface area contributed by atoms with Crippen LogP contribution in [0.2, 0.25) is 5.02 Å². The van der Waals surface area contributed by atoms with Crippen molar-refractivity contribution in [2.45, 2.75) is 12.1 Å². The number of aromatic amines is 1. The lowest BCUT2D eigenvalue weighted by atomic mass is 10.1. The Morgan fingerprint density at radius 2 is 2.05 bits per heavy atom. The SMILES string of the molecule is CCSc1nc2nc(-c3ccc(Cl)cc3)cc(=O)n2[nH]1. The third-order valence-electron chi connectivity index (χ3n) is 2.73. The van der Waals surface area contributed by atoms with Crippen LogP contribution in [0.3, 0.4) is 0 Å². The summed E-state index contributed by atoms with van der Waals surface area (Å²) in [5, 5.41) is 4.26. The van der Waals surface area contributed by atoms with Crippen LogP contribution in [0.5, 0.6) is 0 Å². The number of aromatic nitrogens is 4. The van der Waals surface area contributed by atoms with Crippen molar-refractivity contribution in [1.82, 2.24) is 19.6 Å². The van der Waals surface area contributed by atoms with Gasteiger partial charge in [0, 0.05) is 16.7 Å². The number of fused-ring (bicyclic) bond motifs is 1. The molecule has 5 nitrogen and oxygen atoms in total. The van der Waals surface area contributed by atoms with E-state index in [9.17, 15) is 4.79 Å². The molecule has 0 radical (unpaired) electrons. The minimum atomic E-state index is -0.185. The van der Waals surface area contributed by atoms with Gasteiger partial charge in [0.1, 0.15) is 0 Å². The molecule has 0 aliphatic rings. The molecule has 102 valence electrons. The standard InChI is InChI=1S/C13H11ClN4OS/c1-2-20-13-16-12-15-10(7-11(19)18(12)17-13)8-3-5-9(14)6-4-8/h3-7H,2H2,1H3,(H,15,16,17). The van der Waals surface area contributed by atoms with Crippen molar-refractivity contribution in [3.8, 4) is 11.3 Å². The fraction of sp³-hybridized carbons (Fsp3) is 0.154. The average Bonchev–Trinajstić information content (AvgIpc) is 2.83. The van der Waals surface area contributed by atoms with Gasteiger partial charge in [-0.2, -0.15) is 9.50 Å². The summed E-state index contributed by atoms with van der Waals surface area (Å²) in [6, 6.07) is 8.67. The molecule has 1 aromatic carbocycles. The van der Waals surface area contributed by atoms with Crippen molar-refractivity contribution in [2.24, 2.45) is 0 Å². The number of halogens is 1. The van der Waals surface area contributed by atoms with Crippen LogP contribution < -0.4 is 5.56 Å². The Labute approximate surface area is 124 Å². The lowest BCUT2D eigenvalue weighted by Gasteiger charge is -2.00. The Morgan fingerprint density at radius 3 is 2.75 bits per heavy atom. The summed E-state index contributed by atoms with van der Waals surface area (Å²) >= 11 is 7.39. The number of thioether (sulfide) groups is 1. The van der Waals surface area contributed by atoms with E-state index in [-0.39, 0.29) is 5.56 Å². The minimum absolute atomic E-state index is 0.185. The summed E-state index contributed by atoms with van der Waals surface area (Å²) in [4.78, 5) is 20.8. The lowest BCUT2D eigenvalue weighted by Crippen LogP contribution is -2.14. The molecule has 3 rings (SSSR count). The zero-order valence-corrected chi connectivity index (χ0v) is 12.2. The van der Waals surface area contributed by atoms with Crippen LogP contribution in [-0.4, -0.2) is 25.3 Å². The van der Waals surface area contributed by atoms with Crippen LogP contribution in [-0.2, 0) is 0 Å². The van der Waals surface area contributed by atoms with Crippen molar-refractivity contribution in [2.75, 3.05) is 5.75 Å². The highest BCUT2D eigenvalue weighted by molar-refractivity contribution is 7.99. The second kappa shape index (κ2) is 5.30. The van der Waals surface area contributed by atoms with E-state index in [1.54, 1.807) is 12.1 Å². The van der Waals surface area contributed by atoms with Crippen LogP contribution in [0.25, 0.3) is 17.0 Å². The number of nitrogens with one attached hydrogen (secondary N) is 1. The Bertz CT molecular complexity index is 809. The molecule has 0 aliphatic heterocycles. The van der Waals surface area contributed by atoms with Crippen molar-refractivity contribution in [3.63, 3.8) is 0 Å². The monoisotopic (exact) mass is 306 g/mol. The Hall–Kier alpha value is -1.79. The second-order valence-electron chi connectivity index (χ2n) is 4.08. The molecule has 0 unspecified atom stereocenters. The van der Waals surface area contributed by atoms with Crippen LogP contribution in [0.15, 0.2) is 40.3 Å². The Morgan fingerprint density at radius 1 is 1.30 bits per heavy atom. The first-order valence-electron chi connectivity index (χ1n) is 6.06. The predicted molar refractivity (Wildman–Crippen MR) is 80.5 cm³/mol. The first-order valence-corrected chi connectivity index (χ1v) is 7.42. The van der Waals surface area contributed by atoms with Gasteiger partial charge in [0.15, 0.2) is 5.16 Å². The lowest BCUT2D eigenvalue weighted by molar-refractivity contribution is 0.851. The summed E-state index contributed by atoms with van der Waals surface area (Å²) < 4.78 is 1.34. The number of nitrogens with zero attached hydrogens (tertiary/aromatic N) is 3. The summed E-state index contributed by atoms with van der Waals surface area (Å²) in [5.41, 5.74) is 1.24. The maximum Gasteiger partial charge on any atom is 0.274 e. The molecule has 20 heavy (non-hydrogen) atoms. The number of H-pyrrole nitrogens is 1. The first-order chi connectivity index (χ1) is 9.67. The third-order valence-corrected chi connectivity index (χ3v) is 3.73. The van der Waals surface area contributed by atoms with Gasteiger partial charge in [-0.1, -0.05) is 42.4 Å². The van der Waals surface area contributed by atoms with Crippen LogP contribution in [0.4, 0.5) is 0 Å². The summed E-state index contributed by atoms with van der Waals surface area (Å²) in [5.74, 6) is 1.25. The van der Waals surface area contributed by atoms with Crippen molar-refractivity contribution >= 4 is 29.1 Å². The fourth-order valence-electron chi connectivity index (χ4n) is 1.83. The van der Waals surface area contributed by atoms with E-state index in [1.165, 1.54) is 22.3 Å². The Balaban J connectivity index is 2.13. The molecule has 0 saturated heterocycles. The third kappa shape index (κ3) is 2.44. The zero-order valence-electron chi connectivity index (χ0n) is 10.6. The summed E-state index contributed by atoms with van der Waals surface area (Å²) in [6.07, 6.45) is 0. The molecule has 3 aromatic rings. The average molecular weight is 307 g/mol. The van der Waals surface area contributed by atoms with Gasteiger partial charge >= 0.3 is 0 Å². The molecule has 2 heterocycles. The van der Waals surface area contributed by atoms with Gasteiger partial charge in [-0.05, 0) is 17.9 Å². The number of hydrogen-bond donors (Lipinski definition) is 1. The van der Waals surface area contributed by atoms with E-state index in [2.05, 4.69) is 15.1 Å². The van der Waals surface area contributed by atoms with Crippen LogP contribution in [0.1, 0.15) is 6.92 Å². The van der Waals surface area contributed by atoms with E-state index < -0.39 is 0 Å². The predicted octanol–water partition coefficient (Wildman–Crippen LogP) is 2.85. The van der Waals surface area contributed by atoms with Gasteiger partial charge in [0.25, 0.3) is 11.3 Å². The topological polar surface area (TPSA) is 63.1 Å². The molecule has 7 heteroatoms. The quantitative estimate of drug-likeness (QED) is 0.756. The van der Waals surface area contributed by atoms with E-state index in [0.29, 0.717) is 21.7 Å². The molecule has 2 aromatic heterocycles. The molecule has 0 spiro atoms. The molecule has 0 bridgehead atoms. The summed E-state index contributed by atoms with van der Waals surface area (Å²) in [7, 11) is 0. The molecular weight excluding hydrogens is 296 g/mol. The van der Waals surface area contributed by atoms with Crippen LogP contribution in [0, 0.1) is 0 Å². The van der Waals surface area contributed by atoms with E-state index in [1.807, 2.05) is 19.1 Å². The van der Waals surface area contributed by atoms with Gasteiger partial charge in [-0.3, -0.25) is 9.89 Å². The van der Waals surface area contributed by atoms with Crippen molar-refractivity contribution in [3.05, 3.63) is 45.7 Å². The van der Waals surface area contributed by atoms with E-state index in [0.717, 1.165) is 11.3 Å². The highest BCUT2D eigenvalue weighted by Crippen LogP contribution is 2.19. The van der Waals surface area contributed by atoms with Gasteiger partial charge in [0.2, 0.25) is 0 Å². The van der Waals surface area contributed by atoms with Gasteiger partial charge in [0.05, 0.1) is 5.69 Å². The maximum atomic E-state index is 12.1. The molecular formula is C13H11ClN4OS. The normalized spacial score (nSPS) is 11.1. The number of hydrogen-bond acceptors (Lipinski definition) is 4. The van der Waals surface area contributed by atoms with E-state index in [4.69, 9.17) is 11.6 Å². The molecule has 0 amide bonds. The number of rotatable bonds is 3. The van der Waals surface area contributed by atoms with Crippen LogP contribution >= 0.6 is 23.4 Å². The van der Waals surface area contributed by atoms with Gasteiger partial charge in [-0.15, -0.1) is 0 Å². The van der Waals surface area contributed by atoms with Gasteiger partial charge < -0.3 is 0 Å². The largest absolute Gasteiger partial charge is 0.274 e. The zero-order chi connectivity index (χ0) is 14.1. The summed E-state index contributed by atoms with van der Waals surface area (Å²) in [6.45, 7) is 2.02. The number of benzene rings is 1. The molecule has 0 fully saturated rings.